The Hall–Kier alpha value is -3.11. The first-order chi connectivity index (χ1) is 16.2. The number of carbonyl (C=O) groups is 1. The van der Waals surface area contributed by atoms with Crippen LogP contribution in [-0.2, 0) is 21.4 Å². The van der Waals surface area contributed by atoms with Crippen molar-refractivity contribution >= 4 is 27.0 Å². The first kappa shape index (κ1) is 24.0. The first-order valence-electron chi connectivity index (χ1n) is 11.2. The van der Waals surface area contributed by atoms with Crippen molar-refractivity contribution in [2.24, 2.45) is 0 Å². The number of rotatable bonds is 8. The van der Waals surface area contributed by atoms with Gasteiger partial charge in [0.2, 0.25) is 10.0 Å². The number of carboxylic acids is 1. The van der Waals surface area contributed by atoms with Crippen molar-refractivity contribution in [1.82, 2.24) is 13.9 Å². The maximum Gasteiger partial charge on any atom is 0.323 e. The van der Waals surface area contributed by atoms with Crippen LogP contribution in [0.1, 0.15) is 38.2 Å². The van der Waals surface area contributed by atoms with Gasteiger partial charge in [-0.1, -0.05) is 0 Å². The third kappa shape index (κ3) is 4.88. The lowest BCUT2D eigenvalue weighted by Crippen LogP contribution is -2.37. The minimum absolute atomic E-state index is 0.0121. The summed E-state index contributed by atoms with van der Waals surface area (Å²) in [7, 11) is -2.06. The molecule has 4 rings (SSSR count). The number of hydrogen-bond acceptors (Lipinski definition) is 6. The van der Waals surface area contributed by atoms with E-state index in [4.69, 9.17) is 9.47 Å². The van der Waals surface area contributed by atoms with E-state index in [0.717, 1.165) is 10.9 Å². The Morgan fingerprint density at radius 3 is 2.44 bits per heavy atom. The fourth-order valence-corrected chi connectivity index (χ4v) is 5.87. The zero-order valence-corrected chi connectivity index (χ0v) is 20.3. The number of benzene rings is 1. The summed E-state index contributed by atoms with van der Waals surface area (Å²) < 4.78 is 40.4. The largest absolute Gasteiger partial charge is 0.495 e. The second-order valence-electron chi connectivity index (χ2n) is 8.67. The average molecular weight is 488 g/mol. The minimum Gasteiger partial charge on any atom is -0.495 e. The van der Waals surface area contributed by atoms with E-state index in [1.165, 1.54) is 4.31 Å². The number of aliphatic carboxylic acids is 1. The Morgan fingerprint density at radius 1 is 1.18 bits per heavy atom. The second kappa shape index (κ2) is 9.63. The van der Waals surface area contributed by atoms with Crippen molar-refractivity contribution in [3.8, 4) is 11.5 Å². The van der Waals surface area contributed by atoms with Gasteiger partial charge in [0, 0.05) is 24.7 Å². The number of piperidine rings is 1. The molecule has 0 amide bonds. The normalized spacial score (nSPS) is 15.6. The molecule has 1 N–H and O–H groups in total. The summed E-state index contributed by atoms with van der Waals surface area (Å²) in [5.74, 6) is 0.354. The molecule has 1 aliphatic heterocycles. The quantitative estimate of drug-likeness (QED) is 0.518. The highest BCUT2D eigenvalue weighted by Crippen LogP contribution is 2.36. The number of sulfonamides is 1. The number of aromatic nitrogens is 2. The van der Waals surface area contributed by atoms with E-state index in [2.05, 4.69) is 4.98 Å². The Morgan fingerprint density at radius 2 is 1.85 bits per heavy atom. The molecule has 0 aliphatic carbocycles. The molecule has 0 unspecified atom stereocenters. The molecule has 3 heterocycles. The minimum atomic E-state index is -3.61. The van der Waals surface area contributed by atoms with Crippen molar-refractivity contribution in [3.63, 3.8) is 0 Å². The number of carboxylic acid groups (broad SMARTS) is 1. The topological polar surface area (TPSA) is 111 Å². The Labute approximate surface area is 199 Å². The first-order valence-corrected chi connectivity index (χ1v) is 12.6. The highest BCUT2D eigenvalue weighted by atomic mass is 32.2. The smallest absolute Gasteiger partial charge is 0.323 e. The van der Waals surface area contributed by atoms with Crippen LogP contribution in [0.5, 0.6) is 11.5 Å². The molecule has 1 fully saturated rings. The Balaban J connectivity index is 1.54. The van der Waals surface area contributed by atoms with Crippen LogP contribution in [0.15, 0.2) is 47.6 Å². The van der Waals surface area contributed by atoms with Crippen LogP contribution in [-0.4, -0.2) is 59.7 Å². The van der Waals surface area contributed by atoms with Gasteiger partial charge in [0.1, 0.15) is 23.7 Å². The van der Waals surface area contributed by atoms with E-state index in [9.17, 15) is 18.3 Å². The molecule has 0 spiro atoms. The van der Waals surface area contributed by atoms with Crippen LogP contribution in [0.2, 0.25) is 0 Å². The number of methoxy groups -OCH3 is 1. The molecule has 0 bridgehead atoms. The van der Waals surface area contributed by atoms with Crippen molar-refractivity contribution in [2.45, 2.75) is 50.2 Å². The third-order valence-corrected chi connectivity index (χ3v) is 7.90. The lowest BCUT2D eigenvalue weighted by Gasteiger charge is -2.31. The molecule has 9 nitrogen and oxygen atoms in total. The van der Waals surface area contributed by atoms with Gasteiger partial charge in [0.25, 0.3) is 0 Å². The number of hydrogen-bond donors (Lipinski definition) is 1. The van der Waals surface area contributed by atoms with E-state index in [1.54, 1.807) is 42.1 Å². The summed E-state index contributed by atoms with van der Waals surface area (Å²) in [5.41, 5.74) is 1.55. The molecule has 34 heavy (non-hydrogen) atoms. The van der Waals surface area contributed by atoms with Crippen molar-refractivity contribution in [1.29, 1.82) is 0 Å². The van der Waals surface area contributed by atoms with Gasteiger partial charge >= 0.3 is 5.97 Å². The predicted octanol–water partition coefficient (Wildman–Crippen LogP) is 3.49. The fraction of sp³-hybridized carbons (Fsp3) is 0.417. The average Bonchev–Trinajstić information content (AvgIpc) is 3.16. The van der Waals surface area contributed by atoms with Gasteiger partial charge in [-0.2, -0.15) is 4.31 Å². The molecular weight excluding hydrogens is 458 g/mol. The van der Waals surface area contributed by atoms with E-state index in [1.807, 2.05) is 26.1 Å². The second-order valence-corrected chi connectivity index (χ2v) is 10.6. The molecule has 10 heteroatoms. The molecule has 0 atom stereocenters. The number of ether oxygens (including phenoxy) is 2. The third-order valence-electron chi connectivity index (χ3n) is 5.99. The van der Waals surface area contributed by atoms with E-state index in [-0.39, 0.29) is 23.5 Å². The summed E-state index contributed by atoms with van der Waals surface area (Å²) in [5, 5.41) is 10.1. The van der Waals surface area contributed by atoms with Crippen molar-refractivity contribution < 1.29 is 27.8 Å². The number of nitrogens with zero attached hydrogens (tertiary/aromatic N) is 3. The molecule has 1 aliphatic rings. The Bertz CT molecular complexity index is 1280. The number of pyridine rings is 1. The lowest BCUT2D eigenvalue weighted by atomic mass is 9.90. The lowest BCUT2D eigenvalue weighted by molar-refractivity contribution is -0.137. The van der Waals surface area contributed by atoms with E-state index in [0.29, 0.717) is 43.1 Å². The van der Waals surface area contributed by atoms with Crippen LogP contribution in [0.4, 0.5) is 0 Å². The van der Waals surface area contributed by atoms with Crippen LogP contribution in [0.3, 0.4) is 0 Å². The van der Waals surface area contributed by atoms with Gasteiger partial charge < -0.3 is 19.1 Å². The SMILES string of the molecule is COc1cnc2c(c1)c(C1CCN(S(=O)(=O)c3ccc(OC(C)C)cc3)CC1)cn2CC(=O)O. The zero-order chi connectivity index (χ0) is 24.5. The molecule has 1 saturated heterocycles. The van der Waals surface area contributed by atoms with Crippen LogP contribution in [0.25, 0.3) is 11.0 Å². The maximum absolute atomic E-state index is 13.2. The van der Waals surface area contributed by atoms with Gasteiger partial charge in [0.05, 0.1) is 24.3 Å². The van der Waals surface area contributed by atoms with Gasteiger partial charge in [-0.15, -0.1) is 0 Å². The fourth-order valence-electron chi connectivity index (χ4n) is 4.40. The van der Waals surface area contributed by atoms with Gasteiger partial charge in [-0.05, 0) is 68.5 Å². The highest BCUT2D eigenvalue weighted by Gasteiger charge is 2.31. The summed E-state index contributed by atoms with van der Waals surface area (Å²) >= 11 is 0. The molecule has 0 radical (unpaired) electrons. The standard InChI is InChI=1S/C24H29N3O6S/c1-16(2)33-18-4-6-20(7-5-18)34(30,31)27-10-8-17(9-11-27)22-14-26(15-23(28)29)24-21(22)12-19(32-3)13-25-24/h4-7,12-14,16-17H,8-11,15H2,1-3H3,(H,28,29). The summed E-state index contributed by atoms with van der Waals surface area (Å²) in [6.07, 6.45) is 4.65. The molecule has 2 aromatic heterocycles. The molecule has 182 valence electrons. The van der Waals surface area contributed by atoms with E-state index < -0.39 is 16.0 Å². The zero-order valence-electron chi connectivity index (χ0n) is 19.5. The highest BCUT2D eigenvalue weighted by molar-refractivity contribution is 7.89. The van der Waals surface area contributed by atoms with Crippen LogP contribution >= 0.6 is 0 Å². The maximum atomic E-state index is 13.2. The molecular formula is C24H29N3O6S. The van der Waals surface area contributed by atoms with Gasteiger partial charge in [0.15, 0.2) is 0 Å². The number of fused-ring (bicyclic) bond motifs is 1. The van der Waals surface area contributed by atoms with Crippen molar-refractivity contribution in [2.75, 3.05) is 20.2 Å². The monoisotopic (exact) mass is 487 g/mol. The van der Waals surface area contributed by atoms with Gasteiger partial charge in [-0.25, -0.2) is 13.4 Å². The van der Waals surface area contributed by atoms with Crippen LogP contribution in [0, 0.1) is 0 Å². The predicted molar refractivity (Wildman–Crippen MR) is 127 cm³/mol. The molecule has 1 aromatic carbocycles. The molecule has 3 aromatic rings. The van der Waals surface area contributed by atoms with Crippen molar-refractivity contribution in [3.05, 3.63) is 48.3 Å². The van der Waals surface area contributed by atoms with Gasteiger partial charge in [-0.3, -0.25) is 4.79 Å². The summed E-state index contributed by atoms with van der Waals surface area (Å²) in [6, 6.07) is 8.38. The van der Waals surface area contributed by atoms with E-state index >= 15 is 0 Å². The van der Waals surface area contributed by atoms with Crippen LogP contribution < -0.4 is 9.47 Å². The summed E-state index contributed by atoms with van der Waals surface area (Å²) in [6.45, 7) is 4.39. The molecule has 0 saturated carbocycles. The Kier molecular flexibility index (Phi) is 6.81. The summed E-state index contributed by atoms with van der Waals surface area (Å²) in [4.78, 5) is 16.0.